The topological polar surface area (TPSA) is 42.4 Å². The Morgan fingerprint density at radius 2 is 2.31 bits per heavy atom. The number of hydrogen-bond donors (Lipinski definition) is 0. The Hall–Kier alpha value is -0.940. The second kappa shape index (κ2) is 4.34. The summed E-state index contributed by atoms with van der Waals surface area (Å²) >= 11 is 3.18. The minimum atomic E-state index is -0.274. The molecule has 1 aromatic heterocycles. The van der Waals surface area contributed by atoms with Crippen molar-refractivity contribution in [3.63, 3.8) is 0 Å². The summed E-state index contributed by atoms with van der Waals surface area (Å²) in [5.41, 5.74) is 0.346. The Labute approximate surface area is 84.6 Å². The van der Waals surface area contributed by atoms with E-state index in [1.165, 1.54) is 14.2 Å². The van der Waals surface area contributed by atoms with Crippen LogP contribution in [0.1, 0.15) is 10.5 Å². The van der Waals surface area contributed by atoms with Crippen LogP contribution in [0.5, 0.6) is 0 Å². The first kappa shape index (κ1) is 10.1. The predicted molar refractivity (Wildman–Crippen MR) is 51.0 cm³/mol. The number of amides is 1. The first-order chi connectivity index (χ1) is 6.15. The average Bonchev–Trinajstić information content (AvgIpc) is 2.15. The smallest absolute Gasteiger partial charge is 0.274 e. The summed E-state index contributed by atoms with van der Waals surface area (Å²) in [5, 5.41) is 1.12. The molecular formula is C8H9BrN2O2. The van der Waals surface area contributed by atoms with Gasteiger partial charge in [-0.3, -0.25) is 9.63 Å². The number of halogens is 1. The maximum Gasteiger partial charge on any atom is 0.295 e. The van der Waals surface area contributed by atoms with Crippen molar-refractivity contribution in [2.75, 3.05) is 14.2 Å². The minimum absolute atomic E-state index is 0.274. The zero-order chi connectivity index (χ0) is 9.84. The van der Waals surface area contributed by atoms with Crippen LogP contribution >= 0.6 is 15.9 Å². The molecule has 0 saturated carbocycles. The number of carbonyl (C=O) groups is 1. The molecule has 0 aliphatic heterocycles. The van der Waals surface area contributed by atoms with E-state index in [1.807, 2.05) is 0 Å². The summed E-state index contributed by atoms with van der Waals surface area (Å²) in [6.07, 6.45) is 0. The molecule has 0 fully saturated rings. The summed E-state index contributed by atoms with van der Waals surface area (Å²) in [6, 6.07) is 5.13. The van der Waals surface area contributed by atoms with Gasteiger partial charge in [0.15, 0.2) is 0 Å². The number of aromatic nitrogens is 1. The molecule has 0 unspecified atom stereocenters. The maximum atomic E-state index is 11.4. The van der Waals surface area contributed by atoms with E-state index >= 15 is 0 Å². The van der Waals surface area contributed by atoms with E-state index in [4.69, 9.17) is 4.84 Å². The Bertz CT molecular complexity index is 317. The first-order valence-corrected chi connectivity index (χ1v) is 4.39. The molecule has 0 aliphatic carbocycles. The molecule has 0 N–H and O–H groups in total. The van der Waals surface area contributed by atoms with E-state index in [0.29, 0.717) is 10.3 Å². The van der Waals surface area contributed by atoms with E-state index in [9.17, 15) is 4.79 Å². The molecule has 1 heterocycles. The number of nitrogens with zero attached hydrogens (tertiary/aromatic N) is 2. The second-order valence-electron chi connectivity index (χ2n) is 2.33. The number of hydrogen-bond acceptors (Lipinski definition) is 3. The van der Waals surface area contributed by atoms with Crippen molar-refractivity contribution >= 4 is 21.8 Å². The van der Waals surface area contributed by atoms with Crippen LogP contribution in [0, 0.1) is 0 Å². The van der Waals surface area contributed by atoms with Crippen molar-refractivity contribution < 1.29 is 9.63 Å². The normalized spacial score (nSPS) is 9.77. The Morgan fingerprint density at radius 1 is 1.62 bits per heavy atom. The molecule has 0 spiro atoms. The van der Waals surface area contributed by atoms with Crippen molar-refractivity contribution in [2.45, 2.75) is 0 Å². The largest absolute Gasteiger partial charge is 0.295 e. The van der Waals surface area contributed by atoms with Gasteiger partial charge in [-0.2, -0.15) is 0 Å². The quantitative estimate of drug-likeness (QED) is 0.585. The standard InChI is InChI=1S/C8H9BrN2O2/c1-11(13-2)8(12)6-4-3-5-7(9)10-6/h3-5H,1-2H3. The molecule has 0 aliphatic rings. The number of pyridine rings is 1. The third kappa shape index (κ3) is 2.50. The molecule has 0 bridgehead atoms. The SMILES string of the molecule is CON(C)C(=O)c1cccc(Br)n1. The third-order valence-corrected chi connectivity index (χ3v) is 1.94. The van der Waals surface area contributed by atoms with Gasteiger partial charge in [0, 0.05) is 7.05 Å². The molecule has 4 nitrogen and oxygen atoms in total. The fraction of sp³-hybridized carbons (Fsp3) is 0.250. The van der Waals surface area contributed by atoms with Gasteiger partial charge in [-0.05, 0) is 28.1 Å². The van der Waals surface area contributed by atoms with E-state index in [-0.39, 0.29) is 5.91 Å². The van der Waals surface area contributed by atoms with E-state index in [2.05, 4.69) is 20.9 Å². The molecule has 0 aromatic carbocycles. The van der Waals surface area contributed by atoms with Gasteiger partial charge in [0.2, 0.25) is 0 Å². The second-order valence-corrected chi connectivity index (χ2v) is 3.14. The summed E-state index contributed by atoms with van der Waals surface area (Å²) < 4.78 is 0.628. The Balaban J connectivity index is 2.89. The molecule has 1 amide bonds. The lowest BCUT2D eigenvalue weighted by atomic mass is 10.3. The Morgan fingerprint density at radius 3 is 2.85 bits per heavy atom. The van der Waals surface area contributed by atoms with Crippen LogP contribution < -0.4 is 0 Å². The molecule has 13 heavy (non-hydrogen) atoms. The zero-order valence-electron chi connectivity index (χ0n) is 7.32. The van der Waals surface area contributed by atoms with Crippen molar-refractivity contribution in [1.29, 1.82) is 0 Å². The van der Waals surface area contributed by atoms with Gasteiger partial charge in [-0.25, -0.2) is 10.0 Å². The van der Waals surface area contributed by atoms with Crippen LogP contribution in [0.4, 0.5) is 0 Å². The van der Waals surface area contributed by atoms with Gasteiger partial charge in [-0.1, -0.05) is 6.07 Å². The molecule has 0 radical (unpaired) electrons. The monoisotopic (exact) mass is 244 g/mol. The summed E-state index contributed by atoms with van der Waals surface area (Å²) in [6.45, 7) is 0. The van der Waals surface area contributed by atoms with Crippen LogP contribution in [0.25, 0.3) is 0 Å². The molecule has 1 aromatic rings. The molecular weight excluding hydrogens is 236 g/mol. The molecule has 0 saturated heterocycles. The first-order valence-electron chi connectivity index (χ1n) is 3.60. The summed E-state index contributed by atoms with van der Waals surface area (Å²) in [5.74, 6) is -0.274. The molecule has 1 rings (SSSR count). The lowest BCUT2D eigenvalue weighted by molar-refractivity contribution is -0.0760. The molecule has 0 atom stereocenters. The van der Waals surface area contributed by atoms with Crippen LogP contribution in [-0.2, 0) is 4.84 Å². The van der Waals surface area contributed by atoms with Crippen molar-refractivity contribution in [2.24, 2.45) is 0 Å². The fourth-order valence-electron chi connectivity index (χ4n) is 0.772. The van der Waals surface area contributed by atoms with E-state index < -0.39 is 0 Å². The minimum Gasteiger partial charge on any atom is -0.274 e. The van der Waals surface area contributed by atoms with E-state index in [0.717, 1.165) is 5.06 Å². The highest BCUT2D eigenvalue weighted by Crippen LogP contribution is 2.07. The van der Waals surface area contributed by atoms with Crippen LogP contribution in [0.15, 0.2) is 22.8 Å². The predicted octanol–water partition coefficient (Wildman–Crippen LogP) is 1.48. The highest BCUT2D eigenvalue weighted by atomic mass is 79.9. The molecule has 5 heteroatoms. The van der Waals surface area contributed by atoms with Crippen molar-refractivity contribution in [3.8, 4) is 0 Å². The summed E-state index contributed by atoms with van der Waals surface area (Å²) in [4.78, 5) is 20.2. The number of rotatable bonds is 2. The van der Waals surface area contributed by atoms with E-state index in [1.54, 1.807) is 18.2 Å². The highest BCUT2D eigenvalue weighted by Gasteiger charge is 2.12. The van der Waals surface area contributed by atoms with Crippen LogP contribution in [0.2, 0.25) is 0 Å². The Kier molecular flexibility index (Phi) is 3.39. The van der Waals surface area contributed by atoms with Gasteiger partial charge in [0.1, 0.15) is 10.3 Å². The van der Waals surface area contributed by atoms with Gasteiger partial charge < -0.3 is 0 Å². The lowest BCUT2D eigenvalue weighted by Crippen LogP contribution is -2.26. The summed E-state index contributed by atoms with van der Waals surface area (Å²) in [7, 11) is 2.96. The van der Waals surface area contributed by atoms with Crippen molar-refractivity contribution in [3.05, 3.63) is 28.5 Å². The number of hydroxylamine groups is 2. The van der Waals surface area contributed by atoms with Crippen LogP contribution in [0.3, 0.4) is 0 Å². The van der Waals surface area contributed by atoms with Crippen LogP contribution in [-0.4, -0.2) is 30.1 Å². The van der Waals surface area contributed by atoms with Gasteiger partial charge in [0.05, 0.1) is 7.11 Å². The van der Waals surface area contributed by atoms with Gasteiger partial charge in [-0.15, -0.1) is 0 Å². The third-order valence-electron chi connectivity index (χ3n) is 1.49. The fourth-order valence-corrected chi connectivity index (χ4v) is 1.12. The highest BCUT2D eigenvalue weighted by molar-refractivity contribution is 9.10. The molecule has 70 valence electrons. The van der Waals surface area contributed by atoms with Gasteiger partial charge >= 0.3 is 0 Å². The zero-order valence-corrected chi connectivity index (χ0v) is 8.91. The van der Waals surface area contributed by atoms with Crippen molar-refractivity contribution in [1.82, 2.24) is 10.0 Å². The number of carbonyl (C=O) groups excluding carboxylic acids is 1. The maximum absolute atomic E-state index is 11.4. The average molecular weight is 245 g/mol. The lowest BCUT2D eigenvalue weighted by Gasteiger charge is -2.12. The van der Waals surface area contributed by atoms with Gasteiger partial charge in [0.25, 0.3) is 5.91 Å².